The molecule has 2 amide bonds. The van der Waals surface area contributed by atoms with E-state index in [-0.39, 0.29) is 0 Å². The first kappa shape index (κ1) is 18.4. The Bertz CT molecular complexity index is 672. The van der Waals surface area contributed by atoms with Crippen LogP contribution in [0.4, 0.5) is 0 Å². The van der Waals surface area contributed by atoms with Crippen molar-refractivity contribution in [3.05, 3.63) is 59.9 Å². The molecule has 6 heteroatoms. The van der Waals surface area contributed by atoms with Crippen molar-refractivity contribution >= 4 is 11.8 Å². The summed E-state index contributed by atoms with van der Waals surface area (Å²) in [5.41, 5.74) is 5.54. The highest BCUT2D eigenvalue weighted by Gasteiger charge is 2.09. The van der Waals surface area contributed by atoms with E-state index in [4.69, 9.17) is 4.74 Å². The second-order valence-corrected chi connectivity index (χ2v) is 5.58. The molecule has 132 valence electrons. The Morgan fingerprint density at radius 3 is 2.32 bits per heavy atom. The van der Waals surface area contributed by atoms with Crippen LogP contribution in [0.3, 0.4) is 0 Å². The van der Waals surface area contributed by atoms with Gasteiger partial charge in [0.15, 0.2) is 0 Å². The van der Waals surface area contributed by atoms with Crippen LogP contribution >= 0.6 is 0 Å². The van der Waals surface area contributed by atoms with Crippen LogP contribution in [0.1, 0.15) is 53.3 Å². The van der Waals surface area contributed by atoms with Crippen LogP contribution in [-0.4, -0.2) is 23.4 Å². The standard InChI is InChI=1S/C19H23N3O3/c1-2-3-4-5-13-25-17-10-8-15(9-11-17)18(23)21-22-19(24)16-7-6-12-20-14-16/h6-12,14H,2-5,13H2,1H3,(H,21,23)(H,22,24). The predicted octanol–water partition coefficient (Wildman–Crippen LogP) is 3.12. The van der Waals surface area contributed by atoms with Crippen molar-refractivity contribution in [3.8, 4) is 5.75 Å². The molecule has 25 heavy (non-hydrogen) atoms. The summed E-state index contributed by atoms with van der Waals surface area (Å²) in [5.74, 6) is -0.0901. The molecule has 0 spiro atoms. The number of hydrazine groups is 1. The van der Waals surface area contributed by atoms with Crippen LogP contribution < -0.4 is 15.6 Å². The average Bonchev–Trinajstić information content (AvgIpc) is 2.67. The van der Waals surface area contributed by atoms with Gasteiger partial charge in [0.2, 0.25) is 0 Å². The molecule has 0 aliphatic heterocycles. The third-order valence-corrected chi connectivity index (χ3v) is 3.60. The summed E-state index contributed by atoms with van der Waals surface area (Å²) in [6.07, 6.45) is 7.59. The van der Waals surface area contributed by atoms with Crippen molar-refractivity contribution < 1.29 is 14.3 Å². The Morgan fingerprint density at radius 1 is 0.960 bits per heavy atom. The quantitative estimate of drug-likeness (QED) is 0.571. The molecule has 0 saturated heterocycles. The SMILES string of the molecule is CCCCCCOc1ccc(C(=O)NNC(=O)c2cccnc2)cc1. The highest BCUT2D eigenvalue weighted by Crippen LogP contribution is 2.13. The number of rotatable bonds is 8. The molecule has 6 nitrogen and oxygen atoms in total. The highest BCUT2D eigenvalue weighted by molar-refractivity contribution is 5.98. The first-order valence-electron chi connectivity index (χ1n) is 8.44. The Morgan fingerprint density at radius 2 is 1.68 bits per heavy atom. The number of carbonyl (C=O) groups is 2. The highest BCUT2D eigenvalue weighted by atomic mass is 16.5. The third kappa shape index (κ3) is 6.25. The second kappa shape index (κ2) is 10.1. The van der Waals surface area contributed by atoms with E-state index in [1.807, 2.05) is 0 Å². The van der Waals surface area contributed by atoms with Crippen molar-refractivity contribution in [2.24, 2.45) is 0 Å². The lowest BCUT2D eigenvalue weighted by Crippen LogP contribution is -2.41. The number of nitrogens with zero attached hydrogens (tertiary/aromatic N) is 1. The Labute approximate surface area is 147 Å². The van der Waals surface area contributed by atoms with Gasteiger partial charge in [-0.25, -0.2) is 0 Å². The fourth-order valence-electron chi connectivity index (χ4n) is 2.18. The van der Waals surface area contributed by atoms with Gasteiger partial charge < -0.3 is 4.74 Å². The largest absolute Gasteiger partial charge is 0.494 e. The number of amides is 2. The van der Waals surface area contributed by atoms with E-state index >= 15 is 0 Å². The molecule has 0 saturated carbocycles. The first-order valence-corrected chi connectivity index (χ1v) is 8.44. The zero-order chi connectivity index (χ0) is 17.9. The van der Waals surface area contributed by atoms with Gasteiger partial charge in [0.1, 0.15) is 5.75 Å². The van der Waals surface area contributed by atoms with Crippen molar-refractivity contribution in [2.45, 2.75) is 32.6 Å². The summed E-state index contributed by atoms with van der Waals surface area (Å²) in [4.78, 5) is 27.7. The van der Waals surface area contributed by atoms with Gasteiger partial charge in [0.25, 0.3) is 11.8 Å². The third-order valence-electron chi connectivity index (χ3n) is 3.60. The zero-order valence-electron chi connectivity index (χ0n) is 14.3. The summed E-state index contributed by atoms with van der Waals surface area (Å²) in [7, 11) is 0. The normalized spacial score (nSPS) is 10.1. The van der Waals surface area contributed by atoms with Gasteiger partial charge in [-0.05, 0) is 42.8 Å². The van der Waals surface area contributed by atoms with Crippen molar-refractivity contribution in [3.63, 3.8) is 0 Å². The molecule has 2 N–H and O–H groups in total. The molecule has 0 unspecified atom stereocenters. The van der Waals surface area contributed by atoms with Crippen LogP contribution in [0.15, 0.2) is 48.8 Å². The molecular weight excluding hydrogens is 318 g/mol. The van der Waals surface area contributed by atoms with Gasteiger partial charge in [-0.2, -0.15) is 0 Å². The van der Waals surface area contributed by atoms with Crippen LogP contribution in [-0.2, 0) is 0 Å². The number of aromatic nitrogens is 1. The van der Waals surface area contributed by atoms with Gasteiger partial charge in [-0.15, -0.1) is 0 Å². The van der Waals surface area contributed by atoms with E-state index in [1.54, 1.807) is 42.6 Å². The molecule has 0 radical (unpaired) electrons. The summed E-state index contributed by atoms with van der Waals surface area (Å²) >= 11 is 0. The Hall–Kier alpha value is -2.89. The molecule has 1 aromatic carbocycles. The van der Waals surface area contributed by atoms with Crippen molar-refractivity contribution in [1.82, 2.24) is 15.8 Å². The molecule has 0 aliphatic carbocycles. The number of carbonyl (C=O) groups excluding carboxylic acids is 2. The van der Waals surface area contributed by atoms with Gasteiger partial charge in [0.05, 0.1) is 12.2 Å². The van der Waals surface area contributed by atoms with E-state index in [0.717, 1.165) is 18.6 Å². The van der Waals surface area contributed by atoms with E-state index < -0.39 is 11.8 Å². The lowest BCUT2D eigenvalue weighted by Gasteiger charge is -2.09. The topological polar surface area (TPSA) is 80.3 Å². The van der Waals surface area contributed by atoms with E-state index in [0.29, 0.717) is 17.7 Å². The van der Waals surface area contributed by atoms with Crippen LogP contribution in [0.2, 0.25) is 0 Å². The smallest absolute Gasteiger partial charge is 0.271 e. The minimum Gasteiger partial charge on any atom is -0.494 e. The van der Waals surface area contributed by atoms with Crippen molar-refractivity contribution in [2.75, 3.05) is 6.61 Å². The average molecular weight is 341 g/mol. The van der Waals surface area contributed by atoms with Gasteiger partial charge in [-0.3, -0.25) is 25.4 Å². The molecule has 0 atom stereocenters. The molecule has 2 aromatic rings. The minimum absolute atomic E-state index is 0.370. The first-order chi connectivity index (χ1) is 12.2. The summed E-state index contributed by atoms with van der Waals surface area (Å²) in [6.45, 7) is 2.84. The van der Waals surface area contributed by atoms with Crippen LogP contribution in [0.25, 0.3) is 0 Å². The number of ether oxygens (including phenoxy) is 1. The second-order valence-electron chi connectivity index (χ2n) is 5.58. The van der Waals surface area contributed by atoms with Crippen molar-refractivity contribution in [1.29, 1.82) is 0 Å². The summed E-state index contributed by atoms with van der Waals surface area (Å²) < 4.78 is 5.63. The maximum Gasteiger partial charge on any atom is 0.271 e. The maximum absolute atomic E-state index is 12.0. The number of nitrogens with one attached hydrogen (secondary N) is 2. The number of hydrogen-bond acceptors (Lipinski definition) is 4. The van der Waals surface area contributed by atoms with E-state index in [2.05, 4.69) is 22.8 Å². The van der Waals surface area contributed by atoms with E-state index in [1.165, 1.54) is 19.0 Å². The fourth-order valence-corrected chi connectivity index (χ4v) is 2.18. The number of pyridine rings is 1. The molecule has 2 rings (SSSR count). The zero-order valence-corrected chi connectivity index (χ0v) is 14.3. The lowest BCUT2D eigenvalue weighted by atomic mass is 10.2. The molecule has 0 fully saturated rings. The van der Waals surface area contributed by atoms with E-state index in [9.17, 15) is 9.59 Å². The van der Waals surface area contributed by atoms with Gasteiger partial charge >= 0.3 is 0 Å². The van der Waals surface area contributed by atoms with Crippen LogP contribution in [0.5, 0.6) is 5.75 Å². The Balaban J connectivity index is 1.77. The number of benzene rings is 1. The maximum atomic E-state index is 12.0. The summed E-state index contributed by atoms with van der Waals surface area (Å²) in [6, 6.07) is 10.1. The monoisotopic (exact) mass is 341 g/mol. The fraction of sp³-hybridized carbons (Fsp3) is 0.316. The molecule has 0 bridgehead atoms. The number of unbranched alkanes of at least 4 members (excludes halogenated alkanes) is 3. The molecule has 1 aromatic heterocycles. The lowest BCUT2D eigenvalue weighted by molar-refractivity contribution is 0.0846. The number of hydrogen-bond donors (Lipinski definition) is 2. The van der Waals surface area contributed by atoms with Gasteiger partial charge in [-0.1, -0.05) is 26.2 Å². The van der Waals surface area contributed by atoms with Crippen LogP contribution in [0, 0.1) is 0 Å². The Kier molecular flexibility index (Phi) is 7.43. The molecular formula is C19H23N3O3. The molecule has 0 aliphatic rings. The van der Waals surface area contributed by atoms with Gasteiger partial charge in [0, 0.05) is 18.0 Å². The predicted molar refractivity (Wildman–Crippen MR) is 95.2 cm³/mol. The summed E-state index contributed by atoms with van der Waals surface area (Å²) in [5, 5.41) is 0. The minimum atomic E-state index is -0.423. The molecule has 1 heterocycles.